The number of amides is 5. The molecule has 0 aromatic heterocycles. The minimum absolute atomic E-state index is 0.0821. The van der Waals surface area contributed by atoms with Crippen LogP contribution in [0.25, 0.3) is 0 Å². The van der Waals surface area contributed by atoms with Gasteiger partial charge in [-0.15, -0.1) is 0 Å². The zero-order valence-electron chi connectivity index (χ0n) is 17.1. The zero-order chi connectivity index (χ0) is 21.1. The van der Waals surface area contributed by atoms with E-state index in [0.29, 0.717) is 31.0 Å². The predicted octanol–water partition coefficient (Wildman–Crippen LogP) is 1.68. The first-order valence-corrected chi connectivity index (χ1v) is 10.1. The minimum atomic E-state index is -0.623. The third-order valence-electron chi connectivity index (χ3n) is 5.25. The van der Waals surface area contributed by atoms with Gasteiger partial charge in [-0.1, -0.05) is 26.0 Å². The van der Waals surface area contributed by atoms with Crippen LogP contribution in [0, 0.1) is 5.92 Å². The number of nitrogens with zero attached hydrogens (tertiary/aromatic N) is 1. The van der Waals surface area contributed by atoms with Crippen molar-refractivity contribution in [2.24, 2.45) is 5.92 Å². The van der Waals surface area contributed by atoms with Crippen molar-refractivity contribution in [1.82, 2.24) is 20.9 Å². The fraction of sp³-hybridized carbons (Fsp3) is 0.524. The van der Waals surface area contributed by atoms with Crippen LogP contribution >= 0.6 is 0 Å². The van der Waals surface area contributed by atoms with E-state index in [1.54, 1.807) is 6.07 Å². The Morgan fingerprint density at radius 1 is 1.24 bits per heavy atom. The summed E-state index contributed by atoms with van der Waals surface area (Å²) in [6.45, 7) is 6.84. The lowest BCUT2D eigenvalue weighted by Gasteiger charge is -2.29. The van der Waals surface area contributed by atoms with Crippen molar-refractivity contribution < 1.29 is 19.2 Å². The molecule has 0 saturated carbocycles. The number of nitrogens with one attached hydrogen (secondary N) is 3. The highest BCUT2D eigenvalue weighted by molar-refractivity contribution is 6.05. The highest BCUT2D eigenvalue weighted by Gasteiger charge is 2.39. The molecule has 2 aliphatic heterocycles. The monoisotopic (exact) mass is 400 g/mol. The molecule has 0 bridgehead atoms. The van der Waals surface area contributed by atoms with Crippen molar-refractivity contribution in [3.05, 3.63) is 34.9 Å². The Labute approximate surface area is 170 Å². The molecule has 2 heterocycles. The van der Waals surface area contributed by atoms with Crippen molar-refractivity contribution in [2.75, 3.05) is 0 Å². The average molecular weight is 400 g/mol. The molecule has 3 N–H and O–H groups in total. The number of imide groups is 1. The molecule has 1 aromatic rings. The Bertz CT molecular complexity index is 836. The van der Waals surface area contributed by atoms with Gasteiger partial charge in [0.1, 0.15) is 6.04 Å². The number of piperidine rings is 1. The zero-order valence-corrected chi connectivity index (χ0v) is 17.1. The van der Waals surface area contributed by atoms with E-state index in [0.717, 1.165) is 17.5 Å². The second kappa shape index (κ2) is 8.63. The summed E-state index contributed by atoms with van der Waals surface area (Å²) in [4.78, 5) is 49.9. The highest BCUT2D eigenvalue weighted by Crippen LogP contribution is 2.28. The second-order valence-electron chi connectivity index (χ2n) is 8.25. The normalized spacial score (nSPS) is 19.8. The Balaban J connectivity index is 1.59. The number of urea groups is 1. The summed E-state index contributed by atoms with van der Waals surface area (Å²) in [7, 11) is 0. The lowest BCUT2D eigenvalue weighted by Crippen LogP contribution is -2.52. The number of hydrogen-bond acceptors (Lipinski definition) is 4. The summed E-state index contributed by atoms with van der Waals surface area (Å²) >= 11 is 0. The molecule has 8 nitrogen and oxygen atoms in total. The molecule has 1 aromatic carbocycles. The molecular weight excluding hydrogens is 372 g/mol. The van der Waals surface area contributed by atoms with Crippen molar-refractivity contribution in [2.45, 2.75) is 65.2 Å². The number of hydrogen-bond donors (Lipinski definition) is 3. The van der Waals surface area contributed by atoms with Gasteiger partial charge >= 0.3 is 6.03 Å². The van der Waals surface area contributed by atoms with Crippen LogP contribution in [0.5, 0.6) is 0 Å². The number of carbonyl (C=O) groups is 4. The fourth-order valence-corrected chi connectivity index (χ4v) is 3.94. The van der Waals surface area contributed by atoms with Gasteiger partial charge in [-0.2, -0.15) is 0 Å². The first-order chi connectivity index (χ1) is 13.7. The third kappa shape index (κ3) is 4.93. The Hall–Kier alpha value is -2.90. The molecule has 8 heteroatoms. The lowest BCUT2D eigenvalue weighted by molar-refractivity contribution is -0.136. The number of fused-ring (bicyclic) bond motifs is 1. The summed E-state index contributed by atoms with van der Waals surface area (Å²) in [5.74, 6) is -0.437. The average Bonchev–Trinajstić information content (AvgIpc) is 2.95. The molecule has 2 aliphatic rings. The van der Waals surface area contributed by atoms with Gasteiger partial charge in [-0.3, -0.25) is 19.7 Å². The molecule has 156 valence electrons. The topological polar surface area (TPSA) is 108 Å². The molecule has 5 amide bonds. The van der Waals surface area contributed by atoms with Gasteiger partial charge in [-0.25, -0.2) is 4.79 Å². The Kier molecular flexibility index (Phi) is 6.20. The van der Waals surface area contributed by atoms with Gasteiger partial charge in [0.05, 0.1) is 0 Å². The fourth-order valence-electron chi connectivity index (χ4n) is 3.94. The van der Waals surface area contributed by atoms with Crippen molar-refractivity contribution in [3.63, 3.8) is 0 Å². The summed E-state index contributed by atoms with van der Waals surface area (Å²) in [5, 5.41) is 8.02. The summed E-state index contributed by atoms with van der Waals surface area (Å²) in [5.41, 5.74) is 2.20. The Morgan fingerprint density at radius 3 is 2.69 bits per heavy atom. The summed E-state index contributed by atoms with van der Waals surface area (Å²) in [6.07, 6.45) is 1.47. The predicted molar refractivity (Wildman–Crippen MR) is 107 cm³/mol. The van der Waals surface area contributed by atoms with Gasteiger partial charge in [0, 0.05) is 31.1 Å². The quantitative estimate of drug-likeness (QED) is 0.632. The number of rotatable bonds is 6. The maximum absolute atomic E-state index is 12.8. The molecule has 2 atom stereocenters. The molecule has 2 unspecified atom stereocenters. The van der Waals surface area contributed by atoms with Gasteiger partial charge in [0.2, 0.25) is 11.8 Å². The molecule has 0 aliphatic carbocycles. The van der Waals surface area contributed by atoms with Gasteiger partial charge in [0.15, 0.2) is 0 Å². The van der Waals surface area contributed by atoms with Crippen LogP contribution in [0.3, 0.4) is 0 Å². The highest BCUT2D eigenvalue weighted by atomic mass is 16.2. The van der Waals surface area contributed by atoms with Crippen molar-refractivity contribution in [1.29, 1.82) is 0 Å². The molecule has 1 fully saturated rings. The summed E-state index contributed by atoms with van der Waals surface area (Å²) in [6, 6.07) is 4.71. The van der Waals surface area contributed by atoms with Crippen LogP contribution in [0.4, 0.5) is 4.79 Å². The first-order valence-electron chi connectivity index (χ1n) is 10.1. The van der Waals surface area contributed by atoms with E-state index in [2.05, 4.69) is 29.8 Å². The number of benzene rings is 1. The summed E-state index contributed by atoms with van der Waals surface area (Å²) < 4.78 is 0. The number of carbonyl (C=O) groups excluding carboxylic acids is 4. The second-order valence-corrected chi connectivity index (χ2v) is 8.25. The van der Waals surface area contributed by atoms with Crippen LogP contribution in [-0.4, -0.2) is 40.7 Å². The minimum Gasteiger partial charge on any atom is -0.336 e. The molecule has 0 radical (unpaired) electrons. The van der Waals surface area contributed by atoms with Gasteiger partial charge < -0.3 is 15.5 Å². The Morgan fingerprint density at radius 2 is 2.00 bits per heavy atom. The third-order valence-corrected chi connectivity index (χ3v) is 5.25. The molecule has 0 spiro atoms. The van der Waals surface area contributed by atoms with Crippen LogP contribution < -0.4 is 16.0 Å². The maximum Gasteiger partial charge on any atom is 0.315 e. The van der Waals surface area contributed by atoms with E-state index in [-0.39, 0.29) is 30.3 Å². The van der Waals surface area contributed by atoms with Crippen LogP contribution in [0.1, 0.15) is 61.5 Å². The van der Waals surface area contributed by atoms with Crippen molar-refractivity contribution in [3.8, 4) is 0 Å². The van der Waals surface area contributed by atoms with Crippen molar-refractivity contribution >= 4 is 23.8 Å². The van der Waals surface area contributed by atoms with E-state index in [9.17, 15) is 19.2 Å². The van der Waals surface area contributed by atoms with E-state index >= 15 is 0 Å². The van der Waals surface area contributed by atoms with E-state index in [4.69, 9.17) is 0 Å². The van der Waals surface area contributed by atoms with Gasteiger partial charge in [0.25, 0.3) is 5.91 Å². The van der Waals surface area contributed by atoms with Crippen LogP contribution in [-0.2, 0) is 22.7 Å². The van der Waals surface area contributed by atoms with Crippen LogP contribution in [0.2, 0.25) is 0 Å². The van der Waals surface area contributed by atoms with Crippen LogP contribution in [0.15, 0.2) is 18.2 Å². The molecular formula is C21H28N4O4. The lowest BCUT2D eigenvalue weighted by atomic mass is 10.0. The van der Waals surface area contributed by atoms with E-state index in [1.165, 1.54) is 4.90 Å². The van der Waals surface area contributed by atoms with E-state index in [1.807, 2.05) is 19.1 Å². The SMILES string of the molecule is CC(C)CC(C)NC(=O)NCc1ccc2c(c1)C(=O)N(C1CCC(=O)NC1=O)C2. The largest absolute Gasteiger partial charge is 0.336 e. The maximum atomic E-state index is 12.8. The molecule has 3 rings (SSSR count). The molecule has 1 saturated heterocycles. The van der Waals surface area contributed by atoms with E-state index < -0.39 is 11.9 Å². The smallest absolute Gasteiger partial charge is 0.315 e. The molecule has 29 heavy (non-hydrogen) atoms. The van der Waals surface area contributed by atoms with Gasteiger partial charge in [-0.05, 0) is 42.9 Å². The first kappa shape index (κ1) is 20.8. The standard InChI is InChI=1S/C21H28N4O4/c1-12(2)8-13(3)23-21(29)22-10-14-4-5-15-11-25(20(28)16(15)9-14)17-6-7-18(26)24-19(17)27/h4-5,9,12-13,17H,6-8,10-11H2,1-3H3,(H2,22,23,29)(H,24,26,27).